The molecular weight excluding hydrogens is 416 g/mol. The van der Waals surface area contributed by atoms with Gasteiger partial charge in [-0.25, -0.2) is 0 Å². The molecule has 0 aromatic heterocycles. The summed E-state index contributed by atoms with van der Waals surface area (Å²) in [6.45, 7) is 2.32. The lowest BCUT2D eigenvalue weighted by atomic mass is 9.59. The Kier molecular flexibility index (Phi) is 11.1. The molecule has 4 saturated carbocycles. The minimum atomic E-state index is -0.0345. The summed E-state index contributed by atoms with van der Waals surface area (Å²) in [5.41, 5.74) is 0. The Hall–Kier alpha value is -0.0800. The van der Waals surface area contributed by atoms with E-state index in [1.807, 2.05) is 0 Å². The highest BCUT2D eigenvalue weighted by molar-refractivity contribution is 4.93. The largest absolute Gasteiger partial charge is 0.393 e. The fourth-order valence-corrected chi connectivity index (χ4v) is 9.20. The van der Waals surface area contributed by atoms with Crippen LogP contribution in [0.5, 0.6) is 0 Å². The van der Waals surface area contributed by atoms with Crippen molar-refractivity contribution in [3.05, 3.63) is 0 Å². The molecule has 0 aromatic rings. The Labute approximate surface area is 212 Å². The standard InChI is InChI=1S/C32H58O2/c1-2-3-4-5-12-17-28(26-18-20-31(33)29(22-26)24-13-8-6-9-14-24)27-19-21-32(34)30(23-27)25-15-10-7-11-16-25/h24-34H,2-23H2,1H3. The zero-order chi connectivity index (χ0) is 23.8. The van der Waals surface area contributed by atoms with Gasteiger partial charge in [-0.3, -0.25) is 0 Å². The third-order valence-corrected chi connectivity index (χ3v) is 11.2. The first-order chi connectivity index (χ1) is 16.7. The van der Waals surface area contributed by atoms with E-state index >= 15 is 0 Å². The maximum atomic E-state index is 11.0. The molecule has 4 fully saturated rings. The third-order valence-electron chi connectivity index (χ3n) is 11.2. The molecule has 0 saturated heterocycles. The van der Waals surface area contributed by atoms with Crippen molar-refractivity contribution in [1.82, 2.24) is 0 Å². The average Bonchev–Trinajstić information content (AvgIpc) is 2.88. The zero-order valence-corrected chi connectivity index (χ0v) is 22.6. The molecule has 4 rings (SSSR count). The smallest absolute Gasteiger partial charge is 0.0571 e. The van der Waals surface area contributed by atoms with Crippen LogP contribution >= 0.6 is 0 Å². The van der Waals surface area contributed by atoms with Crippen molar-refractivity contribution in [3.63, 3.8) is 0 Å². The second-order valence-corrected chi connectivity index (χ2v) is 13.3. The van der Waals surface area contributed by atoms with Crippen molar-refractivity contribution < 1.29 is 10.2 Å². The number of unbranched alkanes of at least 4 members (excludes halogenated alkanes) is 4. The summed E-state index contributed by atoms with van der Waals surface area (Å²) in [4.78, 5) is 0. The maximum Gasteiger partial charge on any atom is 0.0571 e. The second-order valence-electron chi connectivity index (χ2n) is 13.3. The molecule has 0 radical (unpaired) electrons. The number of hydrogen-bond donors (Lipinski definition) is 2. The molecule has 0 bridgehead atoms. The van der Waals surface area contributed by atoms with Gasteiger partial charge in [0.15, 0.2) is 0 Å². The molecule has 2 N–H and O–H groups in total. The molecule has 4 aliphatic rings. The second kappa shape index (κ2) is 14.0. The fraction of sp³-hybridized carbons (Fsp3) is 1.00. The first-order valence-electron chi connectivity index (χ1n) is 16.0. The van der Waals surface area contributed by atoms with Crippen molar-refractivity contribution in [2.75, 3.05) is 0 Å². The molecule has 0 heterocycles. The summed E-state index contributed by atoms with van der Waals surface area (Å²) in [5.74, 6) is 5.23. The van der Waals surface area contributed by atoms with Crippen LogP contribution in [0.2, 0.25) is 0 Å². The predicted octanol–water partition coefficient (Wildman–Crippen LogP) is 8.68. The maximum absolute atomic E-state index is 11.0. The molecule has 6 unspecified atom stereocenters. The lowest BCUT2D eigenvalue weighted by molar-refractivity contribution is -0.0391. The Morgan fingerprint density at radius 2 is 1.03 bits per heavy atom. The summed E-state index contributed by atoms with van der Waals surface area (Å²) in [6.07, 6.45) is 29.4. The fourth-order valence-electron chi connectivity index (χ4n) is 9.20. The van der Waals surface area contributed by atoms with Gasteiger partial charge < -0.3 is 10.2 Å². The lowest BCUT2D eigenvalue weighted by Crippen LogP contribution is -2.42. The van der Waals surface area contributed by atoms with Gasteiger partial charge in [-0.1, -0.05) is 103 Å². The van der Waals surface area contributed by atoms with Crippen LogP contribution in [-0.2, 0) is 0 Å². The average molecular weight is 475 g/mol. The van der Waals surface area contributed by atoms with Gasteiger partial charge >= 0.3 is 0 Å². The van der Waals surface area contributed by atoms with Gasteiger partial charge in [-0.15, -0.1) is 0 Å². The molecule has 0 aromatic carbocycles. The van der Waals surface area contributed by atoms with E-state index in [4.69, 9.17) is 0 Å². The van der Waals surface area contributed by atoms with E-state index in [0.717, 1.165) is 42.4 Å². The van der Waals surface area contributed by atoms with Gasteiger partial charge in [0.2, 0.25) is 0 Å². The van der Waals surface area contributed by atoms with Gasteiger partial charge in [-0.05, 0) is 86.4 Å². The SMILES string of the molecule is CCCCCCCC(C1CCC(O)C(C2CCCCC2)C1)C1CCC(O)C(C2CCCCC2)C1. The van der Waals surface area contributed by atoms with E-state index in [2.05, 4.69) is 6.92 Å². The van der Waals surface area contributed by atoms with Crippen LogP contribution in [0.4, 0.5) is 0 Å². The highest BCUT2D eigenvalue weighted by Gasteiger charge is 2.43. The zero-order valence-electron chi connectivity index (χ0n) is 22.6. The van der Waals surface area contributed by atoms with Crippen LogP contribution in [0, 0.1) is 41.4 Å². The number of hydrogen-bond acceptors (Lipinski definition) is 2. The topological polar surface area (TPSA) is 40.5 Å². The first-order valence-corrected chi connectivity index (χ1v) is 16.0. The third kappa shape index (κ3) is 7.24. The van der Waals surface area contributed by atoms with Crippen molar-refractivity contribution in [1.29, 1.82) is 0 Å². The van der Waals surface area contributed by atoms with Crippen LogP contribution in [0.15, 0.2) is 0 Å². The van der Waals surface area contributed by atoms with Crippen molar-refractivity contribution in [2.45, 2.75) is 160 Å². The van der Waals surface area contributed by atoms with Crippen molar-refractivity contribution in [2.24, 2.45) is 41.4 Å². The first kappa shape index (κ1) is 27.0. The molecule has 34 heavy (non-hydrogen) atoms. The molecule has 2 heteroatoms. The Balaban J connectivity index is 1.43. The Bertz CT molecular complexity index is 507. The summed E-state index contributed by atoms with van der Waals surface area (Å²) >= 11 is 0. The number of rotatable bonds is 10. The Morgan fingerprint density at radius 3 is 1.50 bits per heavy atom. The highest BCUT2D eigenvalue weighted by Crippen LogP contribution is 2.50. The summed E-state index contributed by atoms with van der Waals surface area (Å²) in [5, 5.41) is 22.0. The molecule has 0 spiro atoms. The molecule has 6 atom stereocenters. The predicted molar refractivity (Wildman–Crippen MR) is 144 cm³/mol. The van der Waals surface area contributed by atoms with Crippen LogP contribution in [-0.4, -0.2) is 22.4 Å². The minimum Gasteiger partial charge on any atom is -0.393 e. The number of aliphatic hydroxyl groups is 2. The molecule has 0 aliphatic heterocycles. The van der Waals surface area contributed by atoms with Gasteiger partial charge in [-0.2, -0.15) is 0 Å². The van der Waals surface area contributed by atoms with Gasteiger partial charge in [0.1, 0.15) is 0 Å². The van der Waals surface area contributed by atoms with E-state index < -0.39 is 0 Å². The van der Waals surface area contributed by atoms with Gasteiger partial charge in [0.25, 0.3) is 0 Å². The molecule has 2 nitrogen and oxygen atoms in total. The summed E-state index contributed by atoms with van der Waals surface area (Å²) < 4.78 is 0. The van der Waals surface area contributed by atoms with Crippen LogP contribution in [0.1, 0.15) is 148 Å². The lowest BCUT2D eigenvalue weighted by Gasteiger charge is -2.47. The normalized spacial score (nSPS) is 37.5. The van der Waals surface area contributed by atoms with E-state index in [9.17, 15) is 10.2 Å². The molecule has 0 amide bonds. The monoisotopic (exact) mass is 474 g/mol. The van der Waals surface area contributed by atoms with Crippen molar-refractivity contribution >= 4 is 0 Å². The van der Waals surface area contributed by atoms with E-state index in [-0.39, 0.29) is 12.2 Å². The molecule has 198 valence electrons. The van der Waals surface area contributed by atoms with Crippen molar-refractivity contribution in [3.8, 4) is 0 Å². The van der Waals surface area contributed by atoms with E-state index in [0.29, 0.717) is 11.8 Å². The highest BCUT2D eigenvalue weighted by atomic mass is 16.3. The molecule has 4 aliphatic carbocycles. The molecular formula is C32H58O2. The number of aliphatic hydroxyl groups excluding tert-OH is 2. The quantitative estimate of drug-likeness (QED) is 0.311. The Morgan fingerprint density at radius 1 is 0.559 bits per heavy atom. The van der Waals surface area contributed by atoms with Crippen LogP contribution < -0.4 is 0 Å². The summed E-state index contributed by atoms with van der Waals surface area (Å²) in [7, 11) is 0. The van der Waals surface area contributed by atoms with Crippen LogP contribution in [0.25, 0.3) is 0 Å². The van der Waals surface area contributed by atoms with Crippen LogP contribution in [0.3, 0.4) is 0 Å². The minimum absolute atomic E-state index is 0.0345. The van der Waals surface area contributed by atoms with Gasteiger partial charge in [0, 0.05) is 0 Å². The summed E-state index contributed by atoms with van der Waals surface area (Å²) in [6, 6.07) is 0. The van der Waals surface area contributed by atoms with Gasteiger partial charge in [0.05, 0.1) is 12.2 Å². The van der Waals surface area contributed by atoms with E-state index in [1.54, 1.807) is 0 Å². The van der Waals surface area contributed by atoms with E-state index in [1.165, 1.54) is 128 Å².